The Bertz CT molecular complexity index is 2740. The number of carbonyl (C=O) groups is 7. The monoisotopic (exact) mass is 1010 g/mol. The molecule has 4 atom stereocenters. The Morgan fingerprint density at radius 3 is 2.01 bits per heavy atom. The topological polar surface area (TPSA) is 243 Å². The van der Waals surface area contributed by atoms with Gasteiger partial charge in [-0.15, -0.1) is 0 Å². The van der Waals surface area contributed by atoms with Crippen LogP contribution in [0.4, 0.5) is 15.3 Å². The lowest BCUT2D eigenvalue weighted by molar-refractivity contribution is -0.150. The van der Waals surface area contributed by atoms with E-state index in [0.29, 0.717) is 35.9 Å². The van der Waals surface area contributed by atoms with Crippen molar-refractivity contribution in [1.82, 2.24) is 31.2 Å². The lowest BCUT2D eigenvalue weighted by Gasteiger charge is -2.53. The molecular formula is C57H68N8O9. The van der Waals surface area contributed by atoms with Crippen molar-refractivity contribution in [2.75, 3.05) is 18.9 Å². The fraction of sp³-hybridized carbons (Fsp3) is 0.421. The number of urea groups is 1. The molecule has 4 fully saturated rings. The maximum absolute atomic E-state index is 14.8. The molecule has 74 heavy (non-hydrogen) atoms. The number of hydrogen-bond donors (Lipinski definition) is 7. The Morgan fingerprint density at radius 2 is 1.32 bits per heavy atom. The zero-order valence-electron chi connectivity index (χ0n) is 42.1. The number of rotatable bonds is 23. The molecule has 0 unspecified atom stereocenters. The molecule has 7 amide bonds. The fourth-order valence-corrected chi connectivity index (χ4v) is 11.3. The van der Waals surface area contributed by atoms with Gasteiger partial charge in [-0.05, 0) is 116 Å². The number of anilines is 1. The lowest BCUT2D eigenvalue weighted by atomic mass is 9.55. The van der Waals surface area contributed by atoms with Gasteiger partial charge in [0.15, 0.2) is 0 Å². The van der Waals surface area contributed by atoms with Crippen LogP contribution in [0.3, 0.4) is 0 Å². The van der Waals surface area contributed by atoms with E-state index in [1.165, 1.54) is 13.5 Å². The summed E-state index contributed by atoms with van der Waals surface area (Å²) in [4.78, 5) is 102. The highest BCUT2D eigenvalue weighted by atomic mass is 16.6. The van der Waals surface area contributed by atoms with Gasteiger partial charge in [0.05, 0.1) is 6.42 Å². The van der Waals surface area contributed by atoms with Crippen LogP contribution in [0.2, 0.25) is 0 Å². The summed E-state index contributed by atoms with van der Waals surface area (Å²) in [6, 6.07) is 27.2. The Kier molecular flexibility index (Phi) is 17.7. The first-order valence-electron chi connectivity index (χ1n) is 25.8. The van der Waals surface area contributed by atoms with Gasteiger partial charge in [0, 0.05) is 49.2 Å². The van der Waals surface area contributed by atoms with Gasteiger partial charge in [-0.25, -0.2) is 9.59 Å². The van der Waals surface area contributed by atoms with Crippen LogP contribution in [-0.2, 0) is 52.9 Å². The zero-order chi connectivity index (χ0) is 52.1. The highest BCUT2D eigenvalue weighted by Gasteiger charge is 2.50. The molecule has 1 aromatic heterocycles. The molecule has 1 heterocycles. The van der Waals surface area contributed by atoms with E-state index in [2.05, 4.69) is 31.6 Å². The summed E-state index contributed by atoms with van der Waals surface area (Å²) in [5.41, 5.74) is 10.4. The molecule has 4 saturated carbocycles. The number of ether oxygens (including phenoxy) is 2. The van der Waals surface area contributed by atoms with Crippen LogP contribution in [0.5, 0.6) is 0 Å². The molecule has 390 valence electrons. The number of unbranched alkanes of at least 4 members (excludes halogenated alkanes) is 1. The zero-order valence-corrected chi connectivity index (χ0v) is 42.1. The van der Waals surface area contributed by atoms with Crippen molar-refractivity contribution in [2.45, 2.75) is 114 Å². The number of aryl methyl sites for hydroxylation is 1. The summed E-state index contributed by atoms with van der Waals surface area (Å²) < 4.78 is 11.8. The van der Waals surface area contributed by atoms with Crippen LogP contribution in [0.25, 0.3) is 10.9 Å². The second-order valence-corrected chi connectivity index (χ2v) is 20.3. The number of aromatic amines is 1. The molecule has 17 nitrogen and oxygen atoms in total. The second-order valence-electron chi connectivity index (χ2n) is 20.3. The molecule has 4 aliphatic carbocycles. The van der Waals surface area contributed by atoms with Gasteiger partial charge >= 0.3 is 18.1 Å². The Morgan fingerprint density at radius 1 is 0.703 bits per heavy atom. The summed E-state index contributed by atoms with van der Waals surface area (Å²) in [5, 5.41) is 15.0. The van der Waals surface area contributed by atoms with Crippen molar-refractivity contribution in [3.63, 3.8) is 0 Å². The molecule has 4 aliphatic rings. The molecule has 9 rings (SSSR count). The van der Waals surface area contributed by atoms with Crippen LogP contribution < -0.4 is 32.3 Å². The average Bonchev–Trinajstić information content (AvgIpc) is 3.80. The third-order valence-corrected chi connectivity index (χ3v) is 15.0. The number of nitrogens with zero attached hydrogens (tertiary/aromatic N) is 1. The predicted molar refractivity (Wildman–Crippen MR) is 279 cm³/mol. The van der Waals surface area contributed by atoms with Crippen molar-refractivity contribution < 1.29 is 43.0 Å². The first-order chi connectivity index (χ1) is 35.8. The molecule has 8 N–H and O–H groups in total. The van der Waals surface area contributed by atoms with Crippen LogP contribution in [0.15, 0.2) is 115 Å². The Hall–Kier alpha value is -7.69. The third kappa shape index (κ3) is 13.9. The number of hydrogen-bond acceptors (Lipinski definition) is 9. The van der Waals surface area contributed by atoms with E-state index in [4.69, 9.17) is 15.2 Å². The summed E-state index contributed by atoms with van der Waals surface area (Å²) in [6.07, 6.45) is 6.31. The highest BCUT2D eigenvalue weighted by molar-refractivity contribution is 5.97. The number of nitrogens with two attached hydrogens (primary N) is 1. The molecule has 0 aliphatic heterocycles. The molecule has 0 radical (unpaired) electrons. The Balaban J connectivity index is 1.02. The van der Waals surface area contributed by atoms with Crippen molar-refractivity contribution in [3.05, 3.63) is 138 Å². The van der Waals surface area contributed by atoms with Gasteiger partial charge in [-0.3, -0.25) is 24.0 Å². The van der Waals surface area contributed by atoms with Crippen molar-refractivity contribution in [2.24, 2.45) is 29.4 Å². The number of aromatic nitrogens is 1. The first kappa shape index (κ1) is 52.6. The van der Waals surface area contributed by atoms with Crippen molar-refractivity contribution in [1.29, 1.82) is 0 Å². The van der Waals surface area contributed by atoms with E-state index in [9.17, 15) is 33.6 Å². The van der Waals surface area contributed by atoms with Gasteiger partial charge in [0.2, 0.25) is 23.6 Å². The van der Waals surface area contributed by atoms with Crippen LogP contribution in [0, 0.1) is 30.6 Å². The molecule has 17 heteroatoms. The SMILES string of the molecule is Cc1ccccc1NC(=O)NCCCC[C@H](NC(=O)[C@H](Cc1c[nH]c2ccccc12)NC(=O)OC1C2CC3CC(C2)CC1C3)C(=O)N[C@@H](CC(=O)OCc1ccccc1)C(=O)N(C)[C@@H](Cc1ccccc1)C(N)=O. The minimum atomic E-state index is -1.57. The second kappa shape index (κ2) is 24.8. The molecular weight excluding hydrogens is 941 g/mol. The number of carbonyl (C=O) groups excluding carboxylic acids is 7. The maximum atomic E-state index is 14.8. The first-order valence-corrected chi connectivity index (χ1v) is 25.8. The summed E-state index contributed by atoms with van der Waals surface area (Å²) in [6.45, 7) is 2.00. The molecule has 5 aromatic rings. The quantitative estimate of drug-likeness (QED) is 0.0275. The number of esters is 1. The van der Waals surface area contributed by atoms with E-state index in [1.54, 1.807) is 60.8 Å². The van der Waals surface area contributed by atoms with E-state index in [1.807, 2.05) is 61.5 Å². The number of para-hydroxylation sites is 2. The van der Waals surface area contributed by atoms with Crippen molar-refractivity contribution >= 4 is 58.3 Å². The van der Waals surface area contributed by atoms with Gasteiger partial charge in [-0.1, -0.05) is 97.1 Å². The van der Waals surface area contributed by atoms with Gasteiger partial charge in [0.1, 0.15) is 36.9 Å². The van der Waals surface area contributed by atoms with Crippen molar-refractivity contribution in [3.8, 4) is 0 Å². The fourth-order valence-electron chi connectivity index (χ4n) is 11.3. The number of amides is 7. The lowest BCUT2D eigenvalue weighted by Crippen LogP contribution is -2.59. The van der Waals surface area contributed by atoms with Crippen LogP contribution in [-0.4, -0.2) is 95.5 Å². The number of fused-ring (bicyclic) bond motifs is 1. The molecule has 4 aromatic carbocycles. The predicted octanol–water partition coefficient (Wildman–Crippen LogP) is 6.59. The molecule has 0 saturated heterocycles. The number of H-pyrrole nitrogens is 1. The number of primary amides is 1. The summed E-state index contributed by atoms with van der Waals surface area (Å²) >= 11 is 0. The summed E-state index contributed by atoms with van der Waals surface area (Å²) in [5.74, 6) is -2.05. The smallest absolute Gasteiger partial charge is 0.408 e. The third-order valence-electron chi connectivity index (χ3n) is 15.0. The van der Waals surface area contributed by atoms with Gasteiger partial charge in [-0.2, -0.15) is 0 Å². The minimum absolute atomic E-state index is 0.0177. The van der Waals surface area contributed by atoms with Gasteiger partial charge < -0.3 is 51.7 Å². The van der Waals surface area contributed by atoms with E-state index in [-0.39, 0.29) is 50.4 Å². The normalized spacial score (nSPS) is 20.0. The molecule has 4 bridgehead atoms. The number of alkyl carbamates (subject to hydrolysis) is 1. The average molecular weight is 1010 g/mol. The number of likely N-dealkylation sites (N-methyl/N-ethyl adjacent to an activating group) is 1. The minimum Gasteiger partial charge on any atom is -0.461 e. The summed E-state index contributed by atoms with van der Waals surface area (Å²) in [7, 11) is 1.37. The Labute approximate surface area is 431 Å². The maximum Gasteiger partial charge on any atom is 0.408 e. The molecule has 0 spiro atoms. The van der Waals surface area contributed by atoms with E-state index < -0.39 is 72.3 Å². The largest absolute Gasteiger partial charge is 0.461 e. The highest BCUT2D eigenvalue weighted by Crippen LogP contribution is 2.54. The standard InChI is InChI=1S/C57H68N8O9/c1-35-15-9-11-21-44(35)63-56(71)59-24-14-13-23-46(53(68)62-48(32-50(66)73-34-37-18-7-4-8-19-37)55(70)65(2)49(52(58)67)30-36-16-5-3-6-17-36)61-54(69)47(31-42-33-60-45-22-12-10-20-43(42)45)64-57(72)74-51-40-26-38-25-39(28-40)29-41(51)27-38/h3-12,15-22,33,38-41,46-49,51,60H,13-14,23-32,34H2,1-2H3,(H2,58,67)(H,61,69)(H,62,68)(H,64,72)(H2,59,63,71)/t38?,39?,40?,41?,46-,47-,48-,49-,51?/m0/s1. The van der Waals surface area contributed by atoms with Gasteiger partial charge in [0.25, 0.3) is 0 Å². The van der Waals surface area contributed by atoms with Crippen LogP contribution >= 0.6 is 0 Å². The van der Waals surface area contributed by atoms with E-state index >= 15 is 0 Å². The number of nitrogens with one attached hydrogen (secondary N) is 6. The van der Waals surface area contributed by atoms with E-state index in [0.717, 1.165) is 58.2 Å². The number of benzene rings is 4. The van der Waals surface area contributed by atoms with Crippen LogP contribution in [0.1, 0.15) is 80.0 Å².